The van der Waals surface area contributed by atoms with Gasteiger partial charge >= 0.3 is 0 Å². The van der Waals surface area contributed by atoms with Crippen LogP contribution in [0.4, 0.5) is 0 Å². The fourth-order valence-corrected chi connectivity index (χ4v) is 0.661. The van der Waals surface area contributed by atoms with Crippen molar-refractivity contribution in [1.29, 1.82) is 0 Å². The van der Waals surface area contributed by atoms with Crippen LogP contribution < -0.4 is 0 Å². The van der Waals surface area contributed by atoms with E-state index in [4.69, 9.17) is 0 Å². The average molecular weight is 138 g/mol. The maximum Gasteiger partial charge on any atom is 0.129 e. The normalized spacial score (nSPS) is 10.1. The molecule has 0 unspecified atom stereocenters. The van der Waals surface area contributed by atoms with E-state index in [1.807, 2.05) is 12.2 Å². The number of carbonyl (C=O) groups excluding carboxylic acids is 1. The van der Waals surface area contributed by atoms with Crippen LogP contribution >= 0.6 is 0 Å². The Kier molecular flexibility index (Phi) is 5.74. The molecule has 0 aliphatic heterocycles. The smallest absolute Gasteiger partial charge is 0.129 e. The molecule has 0 amide bonds. The maximum atomic E-state index is 10.4. The van der Waals surface area contributed by atoms with Gasteiger partial charge in [-0.15, -0.1) is 0 Å². The summed E-state index contributed by atoms with van der Waals surface area (Å²) in [6.45, 7) is 5.16. The minimum absolute atomic E-state index is 0.270. The molecule has 0 aliphatic carbocycles. The summed E-state index contributed by atoms with van der Waals surface area (Å²) in [4.78, 5) is 10.4. The monoisotopic (exact) mass is 138 g/mol. The first-order valence-corrected chi connectivity index (χ1v) is 3.54. The van der Waals surface area contributed by atoms with Crippen LogP contribution in [0, 0.1) is 0 Å². The lowest BCUT2D eigenvalue weighted by atomic mass is 10.2. The molecule has 0 aliphatic rings. The molecule has 1 nitrogen and oxygen atoms in total. The SMILES string of the molecule is C=CC=CCCCC(C)=O. The van der Waals surface area contributed by atoms with E-state index in [0.29, 0.717) is 6.42 Å². The van der Waals surface area contributed by atoms with Crippen molar-refractivity contribution in [2.45, 2.75) is 26.2 Å². The Morgan fingerprint density at radius 2 is 2.30 bits per heavy atom. The van der Waals surface area contributed by atoms with Gasteiger partial charge in [0, 0.05) is 6.42 Å². The van der Waals surface area contributed by atoms with Crippen molar-refractivity contribution in [3.05, 3.63) is 24.8 Å². The van der Waals surface area contributed by atoms with Crippen LogP contribution in [-0.2, 0) is 4.79 Å². The molecule has 0 aromatic carbocycles. The molecule has 0 spiro atoms. The summed E-state index contributed by atoms with van der Waals surface area (Å²) in [5.74, 6) is 0.270. The third kappa shape index (κ3) is 7.15. The van der Waals surface area contributed by atoms with Crippen molar-refractivity contribution in [1.82, 2.24) is 0 Å². The molecule has 0 atom stereocenters. The number of allylic oxidation sites excluding steroid dienone is 3. The number of rotatable bonds is 5. The number of unbranched alkanes of at least 4 members (excludes halogenated alkanes) is 1. The third-order valence-corrected chi connectivity index (χ3v) is 1.17. The van der Waals surface area contributed by atoms with E-state index < -0.39 is 0 Å². The van der Waals surface area contributed by atoms with Gasteiger partial charge in [-0.2, -0.15) is 0 Å². The second kappa shape index (κ2) is 6.27. The van der Waals surface area contributed by atoms with E-state index in [9.17, 15) is 4.79 Å². The van der Waals surface area contributed by atoms with Crippen LogP contribution in [-0.4, -0.2) is 5.78 Å². The van der Waals surface area contributed by atoms with Gasteiger partial charge in [-0.3, -0.25) is 0 Å². The van der Waals surface area contributed by atoms with Gasteiger partial charge in [0.15, 0.2) is 0 Å². The van der Waals surface area contributed by atoms with Gasteiger partial charge in [-0.05, 0) is 19.8 Å². The first kappa shape index (κ1) is 9.15. The molecule has 0 heterocycles. The first-order valence-electron chi connectivity index (χ1n) is 3.54. The highest BCUT2D eigenvalue weighted by Crippen LogP contribution is 1.96. The quantitative estimate of drug-likeness (QED) is 0.421. The van der Waals surface area contributed by atoms with Crippen LogP contribution in [0.5, 0.6) is 0 Å². The highest BCUT2D eigenvalue weighted by Gasteiger charge is 1.89. The van der Waals surface area contributed by atoms with Gasteiger partial charge in [0.05, 0.1) is 0 Å². The Hall–Kier alpha value is -0.850. The number of hydrogen-bond donors (Lipinski definition) is 0. The lowest BCUT2D eigenvalue weighted by Crippen LogP contribution is -1.87. The molecule has 0 saturated heterocycles. The molecule has 0 aromatic heterocycles. The second-order valence-corrected chi connectivity index (χ2v) is 2.26. The molecule has 0 fully saturated rings. The Balaban J connectivity index is 3.12. The summed E-state index contributed by atoms with van der Waals surface area (Å²) >= 11 is 0. The van der Waals surface area contributed by atoms with Crippen LogP contribution in [0.2, 0.25) is 0 Å². The summed E-state index contributed by atoms with van der Waals surface area (Å²) in [6, 6.07) is 0. The number of hydrogen-bond acceptors (Lipinski definition) is 1. The van der Waals surface area contributed by atoms with Crippen molar-refractivity contribution >= 4 is 5.78 Å². The van der Waals surface area contributed by atoms with Gasteiger partial charge in [0.2, 0.25) is 0 Å². The predicted octanol–water partition coefficient (Wildman–Crippen LogP) is 2.49. The van der Waals surface area contributed by atoms with Crippen LogP contribution in [0.25, 0.3) is 0 Å². The van der Waals surface area contributed by atoms with Gasteiger partial charge in [-0.25, -0.2) is 0 Å². The van der Waals surface area contributed by atoms with Crippen molar-refractivity contribution in [2.24, 2.45) is 0 Å². The minimum atomic E-state index is 0.270. The lowest BCUT2D eigenvalue weighted by molar-refractivity contribution is -0.117. The molecular formula is C9H14O. The van der Waals surface area contributed by atoms with E-state index in [-0.39, 0.29) is 5.78 Å². The Morgan fingerprint density at radius 1 is 1.60 bits per heavy atom. The van der Waals surface area contributed by atoms with Gasteiger partial charge in [-0.1, -0.05) is 24.8 Å². The largest absolute Gasteiger partial charge is 0.300 e. The Morgan fingerprint density at radius 3 is 2.80 bits per heavy atom. The second-order valence-electron chi connectivity index (χ2n) is 2.26. The number of ketones is 1. The van der Waals surface area contributed by atoms with Crippen molar-refractivity contribution in [2.75, 3.05) is 0 Å². The zero-order chi connectivity index (χ0) is 7.82. The van der Waals surface area contributed by atoms with Crippen LogP contribution in [0.1, 0.15) is 26.2 Å². The van der Waals surface area contributed by atoms with Gasteiger partial charge < -0.3 is 4.79 Å². The highest BCUT2D eigenvalue weighted by atomic mass is 16.1. The maximum absolute atomic E-state index is 10.4. The van der Waals surface area contributed by atoms with Crippen molar-refractivity contribution in [3.63, 3.8) is 0 Å². The van der Waals surface area contributed by atoms with Crippen molar-refractivity contribution in [3.8, 4) is 0 Å². The predicted molar refractivity (Wildman–Crippen MR) is 43.9 cm³/mol. The summed E-state index contributed by atoms with van der Waals surface area (Å²) in [5, 5.41) is 0. The summed E-state index contributed by atoms with van der Waals surface area (Å²) in [6.07, 6.45) is 8.30. The Bertz CT molecular complexity index is 134. The zero-order valence-electron chi connectivity index (χ0n) is 6.47. The molecule has 0 bridgehead atoms. The third-order valence-electron chi connectivity index (χ3n) is 1.17. The zero-order valence-corrected chi connectivity index (χ0v) is 6.47. The highest BCUT2D eigenvalue weighted by molar-refractivity contribution is 5.75. The Labute approximate surface area is 62.4 Å². The number of Topliss-reactive ketones (excluding diaryl/α,β-unsaturated/α-hetero) is 1. The fourth-order valence-electron chi connectivity index (χ4n) is 0.661. The van der Waals surface area contributed by atoms with E-state index in [1.165, 1.54) is 0 Å². The molecule has 0 rings (SSSR count). The molecule has 0 saturated carbocycles. The molecular weight excluding hydrogens is 124 g/mol. The van der Waals surface area contributed by atoms with E-state index >= 15 is 0 Å². The van der Waals surface area contributed by atoms with Gasteiger partial charge in [0.1, 0.15) is 5.78 Å². The molecule has 10 heavy (non-hydrogen) atoms. The van der Waals surface area contributed by atoms with Crippen molar-refractivity contribution < 1.29 is 4.79 Å². The number of carbonyl (C=O) groups is 1. The van der Waals surface area contributed by atoms with Gasteiger partial charge in [0.25, 0.3) is 0 Å². The summed E-state index contributed by atoms with van der Waals surface area (Å²) < 4.78 is 0. The fraction of sp³-hybridized carbons (Fsp3) is 0.444. The van der Waals surface area contributed by atoms with Crippen LogP contribution in [0.15, 0.2) is 24.8 Å². The molecule has 1 heteroatoms. The molecule has 0 aromatic rings. The molecule has 56 valence electrons. The minimum Gasteiger partial charge on any atom is -0.300 e. The molecule has 0 N–H and O–H groups in total. The average Bonchev–Trinajstić information content (AvgIpc) is 1.87. The van der Waals surface area contributed by atoms with E-state index in [1.54, 1.807) is 13.0 Å². The molecule has 0 radical (unpaired) electrons. The standard InChI is InChI=1S/C9H14O/c1-3-4-5-6-7-8-9(2)10/h3-5H,1,6-8H2,2H3. The lowest BCUT2D eigenvalue weighted by Gasteiger charge is -1.89. The summed E-state index contributed by atoms with van der Waals surface area (Å²) in [7, 11) is 0. The topological polar surface area (TPSA) is 17.1 Å². The first-order chi connectivity index (χ1) is 4.77. The van der Waals surface area contributed by atoms with Crippen LogP contribution in [0.3, 0.4) is 0 Å². The van der Waals surface area contributed by atoms with E-state index in [2.05, 4.69) is 6.58 Å². The summed E-state index contributed by atoms with van der Waals surface area (Å²) in [5.41, 5.74) is 0. The van der Waals surface area contributed by atoms with E-state index in [0.717, 1.165) is 12.8 Å².